The van der Waals surface area contributed by atoms with Crippen LogP contribution in [0.1, 0.15) is 49.8 Å². The standard InChI is InChI=1S/C23H27N5O3/c1-22(2,3)31-20(29)17-5-4-6-18(15-17)26-23(9-13-30-14-10-23)21-25-19(27-28-21)16-7-11-24-12-8-16/h4-8,11-12,15,26H,9-10,13-14H2,1-3H3,(H,25,27,28). The zero-order chi connectivity index (χ0) is 21.9. The van der Waals surface area contributed by atoms with E-state index in [0.717, 1.165) is 17.1 Å². The molecule has 0 aliphatic carbocycles. The van der Waals surface area contributed by atoms with Crippen LogP contribution in [0.4, 0.5) is 5.69 Å². The highest BCUT2D eigenvalue weighted by Crippen LogP contribution is 2.35. The molecule has 31 heavy (non-hydrogen) atoms. The lowest BCUT2D eigenvalue weighted by Gasteiger charge is -2.37. The summed E-state index contributed by atoms with van der Waals surface area (Å²) in [5, 5.41) is 11.1. The second-order valence-corrected chi connectivity index (χ2v) is 8.65. The van der Waals surface area contributed by atoms with Crippen molar-refractivity contribution in [1.82, 2.24) is 20.2 Å². The number of carbonyl (C=O) groups excluding carboxylic acids is 1. The molecular formula is C23H27N5O3. The van der Waals surface area contributed by atoms with Gasteiger partial charge in [0.15, 0.2) is 11.6 Å². The van der Waals surface area contributed by atoms with Gasteiger partial charge in [0.05, 0.1) is 5.56 Å². The Morgan fingerprint density at radius 2 is 1.90 bits per heavy atom. The third-order valence-corrected chi connectivity index (χ3v) is 5.10. The van der Waals surface area contributed by atoms with Crippen molar-refractivity contribution < 1.29 is 14.3 Å². The van der Waals surface area contributed by atoms with Crippen molar-refractivity contribution in [2.24, 2.45) is 0 Å². The van der Waals surface area contributed by atoms with E-state index in [9.17, 15) is 4.79 Å². The Bertz CT molecular complexity index is 1040. The van der Waals surface area contributed by atoms with E-state index in [0.29, 0.717) is 37.4 Å². The topological polar surface area (TPSA) is 102 Å². The fourth-order valence-corrected chi connectivity index (χ4v) is 3.58. The second kappa shape index (κ2) is 8.47. The number of hydrogen-bond acceptors (Lipinski definition) is 7. The molecule has 162 valence electrons. The lowest BCUT2D eigenvalue weighted by molar-refractivity contribution is 0.00694. The highest BCUT2D eigenvalue weighted by Gasteiger charge is 2.38. The Balaban J connectivity index is 1.62. The van der Waals surface area contributed by atoms with E-state index in [-0.39, 0.29) is 5.97 Å². The maximum Gasteiger partial charge on any atom is 0.338 e. The van der Waals surface area contributed by atoms with Crippen molar-refractivity contribution in [1.29, 1.82) is 0 Å². The van der Waals surface area contributed by atoms with Crippen LogP contribution >= 0.6 is 0 Å². The fourth-order valence-electron chi connectivity index (χ4n) is 3.58. The van der Waals surface area contributed by atoms with Gasteiger partial charge in [-0.15, -0.1) is 0 Å². The molecule has 1 saturated heterocycles. The minimum atomic E-state index is -0.550. The molecule has 2 aromatic heterocycles. The number of H-pyrrole nitrogens is 1. The Morgan fingerprint density at radius 1 is 1.16 bits per heavy atom. The predicted molar refractivity (Wildman–Crippen MR) is 117 cm³/mol. The summed E-state index contributed by atoms with van der Waals surface area (Å²) >= 11 is 0. The van der Waals surface area contributed by atoms with Gasteiger partial charge < -0.3 is 14.8 Å². The minimum Gasteiger partial charge on any atom is -0.456 e. The van der Waals surface area contributed by atoms with Crippen LogP contribution in [0.25, 0.3) is 11.4 Å². The molecule has 0 radical (unpaired) electrons. The number of rotatable bonds is 5. The van der Waals surface area contributed by atoms with Gasteiger partial charge in [-0.1, -0.05) is 6.07 Å². The second-order valence-electron chi connectivity index (χ2n) is 8.65. The van der Waals surface area contributed by atoms with E-state index in [2.05, 4.69) is 20.5 Å². The number of hydrogen-bond donors (Lipinski definition) is 2. The van der Waals surface area contributed by atoms with E-state index in [1.54, 1.807) is 18.5 Å². The van der Waals surface area contributed by atoms with Gasteiger partial charge in [0.25, 0.3) is 0 Å². The molecule has 1 aromatic carbocycles. The van der Waals surface area contributed by atoms with E-state index in [4.69, 9.17) is 14.5 Å². The van der Waals surface area contributed by atoms with Crippen LogP contribution in [0.3, 0.4) is 0 Å². The molecule has 0 atom stereocenters. The van der Waals surface area contributed by atoms with Gasteiger partial charge in [-0.05, 0) is 51.1 Å². The van der Waals surface area contributed by atoms with Gasteiger partial charge in [0.2, 0.25) is 0 Å². The fraction of sp³-hybridized carbons (Fsp3) is 0.391. The Hall–Kier alpha value is -3.26. The number of carbonyl (C=O) groups is 1. The van der Waals surface area contributed by atoms with E-state index < -0.39 is 11.1 Å². The number of nitrogens with zero attached hydrogens (tertiary/aromatic N) is 3. The first-order chi connectivity index (χ1) is 14.8. The van der Waals surface area contributed by atoms with Gasteiger partial charge in [0.1, 0.15) is 11.1 Å². The average Bonchev–Trinajstić information content (AvgIpc) is 3.25. The summed E-state index contributed by atoms with van der Waals surface area (Å²) < 4.78 is 11.1. The number of anilines is 1. The zero-order valence-electron chi connectivity index (χ0n) is 18.0. The first-order valence-electron chi connectivity index (χ1n) is 10.4. The maximum atomic E-state index is 12.5. The van der Waals surface area contributed by atoms with Gasteiger partial charge in [-0.3, -0.25) is 10.1 Å². The van der Waals surface area contributed by atoms with Crippen molar-refractivity contribution in [3.63, 3.8) is 0 Å². The van der Waals surface area contributed by atoms with Gasteiger partial charge in [0, 0.05) is 49.7 Å². The summed E-state index contributed by atoms with van der Waals surface area (Å²) in [5.41, 5.74) is 1.17. The van der Waals surface area contributed by atoms with E-state index in [1.165, 1.54) is 0 Å². The summed E-state index contributed by atoms with van der Waals surface area (Å²) in [7, 11) is 0. The molecule has 3 heterocycles. The molecule has 0 bridgehead atoms. The lowest BCUT2D eigenvalue weighted by atomic mass is 9.88. The average molecular weight is 422 g/mol. The molecule has 2 N–H and O–H groups in total. The smallest absolute Gasteiger partial charge is 0.338 e. The van der Waals surface area contributed by atoms with Crippen LogP contribution in [-0.4, -0.2) is 44.9 Å². The maximum absolute atomic E-state index is 12.5. The molecule has 1 fully saturated rings. The first kappa shape index (κ1) is 21.0. The Morgan fingerprint density at radius 3 is 2.61 bits per heavy atom. The van der Waals surface area contributed by atoms with Crippen LogP contribution in [0.15, 0.2) is 48.8 Å². The van der Waals surface area contributed by atoms with Gasteiger partial charge in [-0.25, -0.2) is 9.78 Å². The molecule has 0 spiro atoms. The number of aromatic nitrogens is 4. The summed E-state index contributed by atoms with van der Waals surface area (Å²) in [5.74, 6) is 1.01. The molecule has 1 aliphatic rings. The Kier molecular flexibility index (Phi) is 5.73. The van der Waals surface area contributed by atoms with Crippen molar-refractivity contribution in [2.45, 2.75) is 44.8 Å². The van der Waals surface area contributed by atoms with Crippen LogP contribution in [0.2, 0.25) is 0 Å². The van der Waals surface area contributed by atoms with Crippen LogP contribution in [0, 0.1) is 0 Å². The molecule has 4 rings (SSSR count). The number of pyridine rings is 1. The van der Waals surface area contributed by atoms with E-state index >= 15 is 0 Å². The Labute approximate surface area is 181 Å². The highest BCUT2D eigenvalue weighted by atomic mass is 16.6. The predicted octanol–water partition coefficient (Wildman–Crippen LogP) is 3.94. The molecule has 8 nitrogen and oxygen atoms in total. The largest absolute Gasteiger partial charge is 0.456 e. The third-order valence-electron chi connectivity index (χ3n) is 5.10. The third kappa shape index (κ3) is 4.91. The molecular weight excluding hydrogens is 394 g/mol. The molecule has 8 heteroatoms. The number of nitrogens with one attached hydrogen (secondary N) is 2. The molecule has 0 unspecified atom stereocenters. The monoisotopic (exact) mass is 421 g/mol. The van der Waals surface area contributed by atoms with Crippen LogP contribution < -0.4 is 5.32 Å². The highest BCUT2D eigenvalue weighted by molar-refractivity contribution is 5.90. The van der Waals surface area contributed by atoms with Crippen molar-refractivity contribution in [3.05, 3.63) is 60.2 Å². The molecule has 3 aromatic rings. The summed E-state index contributed by atoms with van der Waals surface area (Å²) in [4.78, 5) is 21.3. The van der Waals surface area contributed by atoms with Gasteiger partial charge in [-0.2, -0.15) is 5.10 Å². The zero-order valence-corrected chi connectivity index (χ0v) is 18.0. The summed E-state index contributed by atoms with van der Waals surface area (Å²) in [6.07, 6.45) is 4.87. The van der Waals surface area contributed by atoms with Crippen molar-refractivity contribution >= 4 is 11.7 Å². The lowest BCUT2D eigenvalue weighted by Crippen LogP contribution is -2.42. The number of aromatic amines is 1. The molecule has 1 aliphatic heterocycles. The van der Waals surface area contributed by atoms with Crippen molar-refractivity contribution in [2.75, 3.05) is 18.5 Å². The quantitative estimate of drug-likeness (QED) is 0.602. The van der Waals surface area contributed by atoms with E-state index in [1.807, 2.05) is 51.1 Å². The van der Waals surface area contributed by atoms with Gasteiger partial charge >= 0.3 is 5.97 Å². The number of benzene rings is 1. The minimum absolute atomic E-state index is 0.350. The van der Waals surface area contributed by atoms with Crippen molar-refractivity contribution in [3.8, 4) is 11.4 Å². The number of ether oxygens (including phenoxy) is 2. The summed E-state index contributed by atoms with van der Waals surface area (Å²) in [6.45, 7) is 6.77. The first-order valence-corrected chi connectivity index (χ1v) is 10.4. The van der Waals surface area contributed by atoms with Crippen LogP contribution in [0.5, 0.6) is 0 Å². The number of esters is 1. The normalized spacial score (nSPS) is 16.0. The molecule has 0 amide bonds. The summed E-state index contributed by atoms with van der Waals surface area (Å²) in [6, 6.07) is 11.1. The SMILES string of the molecule is CC(C)(C)OC(=O)c1cccc(NC2(c3nc(-c4ccncc4)n[nH]3)CCOCC2)c1. The van der Waals surface area contributed by atoms with Crippen LogP contribution in [-0.2, 0) is 15.0 Å². The molecule has 0 saturated carbocycles.